The summed E-state index contributed by atoms with van der Waals surface area (Å²) in [6.45, 7) is 6.02. The van der Waals surface area contributed by atoms with Crippen molar-refractivity contribution in [1.29, 1.82) is 0 Å². The number of benzene rings is 1. The molecule has 0 bridgehead atoms. The molecule has 1 aromatic rings. The van der Waals surface area contributed by atoms with Crippen LogP contribution in [0.5, 0.6) is 0 Å². The van der Waals surface area contributed by atoms with Crippen LogP contribution in [-0.2, 0) is 0 Å². The molecule has 0 aliphatic rings. The highest BCUT2D eigenvalue weighted by molar-refractivity contribution is 5.97. The van der Waals surface area contributed by atoms with Gasteiger partial charge in [-0.3, -0.25) is 4.79 Å². The Hall–Kier alpha value is -1.84. The van der Waals surface area contributed by atoms with Gasteiger partial charge in [0, 0.05) is 17.8 Å². The van der Waals surface area contributed by atoms with Gasteiger partial charge in [-0.25, -0.2) is 4.79 Å². The van der Waals surface area contributed by atoms with Gasteiger partial charge in [0.15, 0.2) is 5.78 Å². The number of amides is 2. The summed E-state index contributed by atoms with van der Waals surface area (Å²) in [5.74, 6) is -0.0120. The number of hydrogen-bond acceptors (Lipinski definition) is 2. The number of rotatable bonds is 4. The average Bonchev–Trinajstić information content (AvgIpc) is 2.29. The van der Waals surface area contributed by atoms with Crippen LogP contribution in [0.3, 0.4) is 0 Å². The quantitative estimate of drug-likeness (QED) is 0.787. The van der Waals surface area contributed by atoms with Crippen molar-refractivity contribution in [3.05, 3.63) is 29.3 Å². The van der Waals surface area contributed by atoms with Crippen LogP contribution in [0.2, 0.25) is 0 Å². The van der Waals surface area contributed by atoms with Crippen LogP contribution in [0.1, 0.15) is 36.2 Å². The van der Waals surface area contributed by atoms with Gasteiger partial charge in [0.25, 0.3) is 0 Å². The summed E-state index contributed by atoms with van der Waals surface area (Å²) >= 11 is 0. The highest BCUT2D eigenvalue weighted by Crippen LogP contribution is 2.17. The summed E-state index contributed by atoms with van der Waals surface area (Å²) in [5.41, 5.74) is 2.20. The van der Waals surface area contributed by atoms with Crippen LogP contribution in [-0.4, -0.2) is 18.4 Å². The molecule has 92 valence electrons. The van der Waals surface area contributed by atoms with Crippen molar-refractivity contribution >= 4 is 17.5 Å². The number of ketones is 1. The average molecular weight is 234 g/mol. The van der Waals surface area contributed by atoms with E-state index in [1.165, 1.54) is 6.92 Å². The Bertz CT molecular complexity index is 427. The maximum atomic E-state index is 11.5. The van der Waals surface area contributed by atoms with Gasteiger partial charge < -0.3 is 10.6 Å². The lowest BCUT2D eigenvalue weighted by molar-refractivity contribution is 0.101. The fourth-order valence-corrected chi connectivity index (χ4v) is 1.38. The van der Waals surface area contributed by atoms with E-state index in [-0.39, 0.29) is 11.8 Å². The third-order valence-corrected chi connectivity index (χ3v) is 2.43. The molecule has 0 fully saturated rings. The molecule has 0 aliphatic heterocycles. The summed E-state index contributed by atoms with van der Waals surface area (Å²) in [5, 5.41) is 5.46. The van der Waals surface area contributed by atoms with Crippen molar-refractivity contribution in [2.45, 2.75) is 27.2 Å². The van der Waals surface area contributed by atoms with Gasteiger partial charge in [0.2, 0.25) is 0 Å². The molecule has 2 N–H and O–H groups in total. The minimum Gasteiger partial charge on any atom is -0.338 e. The third kappa shape index (κ3) is 3.90. The molecule has 17 heavy (non-hydrogen) atoms. The monoisotopic (exact) mass is 234 g/mol. The van der Waals surface area contributed by atoms with E-state index in [4.69, 9.17) is 0 Å². The predicted octanol–water partition coefficient (Wildman–Crippen LogP) is 2.73. The van der Waals surface area contributed by atoms with Crippen LogP contribution in [0.4, 0.5) is 10.5 Å². The lowest BCUT2D eigenvalue weighted by atomic mass is 10.1. The Kier molecular flexibility index (Phi) is 4.69. The van der Waals surface area contributed by atoms with Crippen molar-refractivity contribution in [2.24, 2.45) is 0 Å². The molecule has 0 aliphatic carbocycles. The van der Waals surface area contributed by atoms with Crippen molar-refractivity contribution in [2.75, 3.05) is 11.9 Å². The number of carbonyl (C=O) groups is 2. The molecule has 0 atom stereocenters. The Morgan fingerprint density at radius 2 is 2.00 bits per heavy atom. The second kappa shape index (κ2) is 6.03. The van der Waals surface area contributed by atoms with E-state index in [2.05, 4.69) is 10.6 Å². The van der Waals surface area contributed by atoms with E-state index in [0.717, 1.165) is 12.0 Å². The zero-order valence-electron chi connectivity index (χ0n) is 10.5. The largest absolute Gasteiger partial charge is 0.338 e. The number of anilines is 1. The minimum atomic E-state index is -0.240. The standard InChI is InChI=1S/C13H18N2O2/c1-4-7-14-13(17)15-12-8-11(10(3)16)6-5-9(12)2/h5-6,8H,4,7H2,1-3H3,(H2,14,15,17). The zero-order valence-corrected chi connectivity index (χ0v) is 10.5. The fraction of sp³-hybridized carbons (Fsp3) is 0.385. The smallest absolute Gasteiger partial charge is 0.319 e. The third-order valence-electron chi connectivity index (χ3n) is 2.43. The van der Waals surface area contributed by atoms with Gasteiger partial charge in [0.1, 0.15) is 0 Å². The number of carbonyl (C=O) groups excluding carboxylic acids is 2. The normalized spacial score (nSPS) is 9.82. The Morgan fingerprint density at radius 1 is 1.29 bits per heavy atom. The molecule has 0 radical (unpaired) electrons. The summed E-state index contributed by atoms with van der Waals surface area (Å²) in [6.07, 6.45) is 0.889. The SMILES string of the molecule is CCCNC(=O)Nc1cc(C(C)=O)ccc1C. The number of hydrogen-bond donors (Lipinski definition) is 2. The Labute approximate surface area is 101 Å². The van der Waals surface area contributed by atoms with Crippen molar-refractivity contribution in [1.82, 2.24) is 5.32 Å². The van der Waals surface area contributed by atoms with E-state index in [1.54, 1.807) is 12.1 Å². The zero-order chi connectivity index (χ0) is 12.8. The van der Waals surface area contributed by atoms with E-state index in [0.29, 0.717) is 17.8 Å². The summed E-state index contributed by atoms with van der Waals surface area (Å²) in [7, 11) is 0. The van der Waals surface area contributed by atoms with E-state index < -0.39 is 0 Å². The first kappa shape index (κ1) is 13.2. The molecule has 0 aromatic heterocycles. The minimum absolute atomic E-state index is 0.0120. The van der Waals surface area contributed by atoms with Gasteiger partial charge in [-0.05, 0) is 31.9 Å². The molecule has 0 spiro atoms. The van der Waals surface area contributed by atoms with E-state index in [9.17, 15) is 9.59 Å². The van der Waals surface area contributed by atoms with Crippen molar-refractivity contribution < 1.29 is 9.59 Å². The van der Waals surface area contributed by atoms with Crippen molar-refractivity contribution in [3.8, 4) is 0 Å². The number of nitrogens with one attached hydrogen (secondary N) is 2. The molecular weight excluding hydrogens is 216 g/mol. The number of Topliss-reactive ketones (excluding diaryl/α,β-unsaturated/α-hetero) is 1. The number of urea groups is 1. The topological polar surface area (TPSA) is 58.2 Å². The van der Waals surface area contributed by atoms with Crippen molar-refractivity contribution in [3.63, 3.8) is 0 Å². The molecule has 0 saturated heterocycles. The van der Waals surface area contributed by atoms with Crippen LogP contribution < -0.4 is 10.6 Å². The van der Waals surface area contributed by atoms with Gasteiger partial charge >= 0.3 is 6.03 Å². The van der Waals surface area contributed by atoms with Crippen LogP contribution in [0.25, 0.3) is 0 Å². The van der Waals surface area contributed by atoms with E-state index in [1.807, 2.05) is 19.9 Å². The van der Waals surface area contributed by atoms with Crippen LogP contribution in [0.15, 0.2) is 18.2 Å². The molecule has 4 heteroatoms. The summed E-state index contributed by atoms with van der Waals surface area (Å²) < 4.78 is 0. The highest BCUT2D eigenvalue weighted by Gasteiger charge is 2.06. The highest BCUT2D eigenvalue weighted by atomic mass is 16.2. The molecule has 1 rings (SSSR count). The maximum Gasteiger partial charge on any atom is 0.319 e. The van der Waals surface area contributed by atoms with Gasteiger partial charge in [-0.1, -0.05) is 19.1 Å². The second-order valence-corrected chi connectivity index (χ2v) is 3.97. The van der Waals surface area contributed by atoms with Gasteiger partial charge in [0.05, 0.1) is 0 Å². The van der Waals surface area contributed by atoms with E-state index >= 15 is 0 Å². The lowest BCUT2D eigenvalue weighted by Crippen LogP contribution is -2.29. The number of aryl methyl sites for hydroxylation is 1. The first-order chi connectivity index (χ1) is 8.04. The lowest BCUT2D eigenvalue weighted by Gasteiger charge is -2.10. The molecule has 0 heterocycles. The fourth-order valence-electron chi connectivity index (χ4n) is 1.38. The maximum absolute atomic E-state index is 11.5. The molecule has 4 nitrogen and oxygen atoms in total. The van der Waals surface area contributed by atoms with Crippen LogP contribution >= 0.6 is 0 Å². The Balaban J connectivity index is 2.79. The Morgan fingerprint density at radius 3 is 2.59 bits per heavy atom. The second-order valence-electron chi connectivity index (χ2n) is 3.97. The summed E-state index contributed by atoms with van der Waals surface area (Å²) in [6, 6.07) is 5.04. The first-order valence-corrected chi connectivity index (χ1v) is 5.71. The molecule has 0 unspecified atom stereocenters. The molecule has 2 amide bonds. The molecule has 0 saturated carbocycles. The van der Waals surface area contributed by atoms with Crippen LogP contribution in [0, 0.1) is 6.92 Å². The molecule has 1 aromatic carbocycles. The summed E-state index contributed by atoms with van der Waals surface area (Å²) in [4.78, 5) is 22.7. The predicted molar refractivity (Wildman–Crippen MR) is 68.5 cm³/mol. The van der Waals surface area contributed by atoms with Gasteiger partial charge in [-0.2, -0.15) is 0 Å². The van der Waals surface area contributed by atoms with Gasteiger partial charge in [-0.15, -0.1) is 0 Å². The molecular formula is C13H18N2O2. The first-order valence-electron chi connectivity index (χ1n) is 5.71.